The van der Waals surface area contributed by atoms with Crippen LogP contribution in [0.15, 0.2) is 30.0 Å². The van der Waals surface area contributed by atoms with Gasteiger partial charge in [0.15, 0.2) is 5.11 Å². The van der Waals surface area contributed by atoms with Crippen molar-refractivity contribution >= 4 is 29.3 Å². The standard InChI is InChI=1S/C16H18N2O2S/c1-11-5-2-3-6-12(11)9-14-15(19)18(16(21)17-14)10-13-7-4-8-20-13/h2-3,5-6,9,13H,4,7-8,10H2,1H3,(H,17,21)/b14-9+. The van der Waals surface area contributed by atoms with Crippen LogP contribution < -0.4 is 5.32 Å². The van der Waals surface area contributed by atoms with Crippen molar-refractivity contribution in [1.82, 2.24) is 10.2 Å². The fraction of sp³-hybridized carbons (Fsp3) is 0.375. The molecule has 4 nitrogen and oxygen atoms in total. The summed E-state index contributed by atoms with van der Waals surface area (Å²) in [7, 11) is 0. The van der Waals surface area contributed by atoms with Gasteiger partial charge in [-0.1, -0.05) is 24.3 Å². The molecular formula is C16H18N2O2S. The van der Waals surface area contributed by atoms with Crippen LogP contribution in [-0.4, -0.2) is 35.2 Å². The number of rotatable bonds is 3. The number of nitrogens with zero attached hydrogens (tertiary/aromatic N) is 1. The molecule has 2 saturated heterocycles. The summed E-state index contributed by atoms with van der Waals surface area (Å²) in [6.45, 7) is 3.34. The van der Waals surface area contributed by atoms with E-state index >= 15 is 0 Å². The van der Waals surface area contributed by atoms with E-state index in [1.165, 1.54) is 0 Å². The van der Waals surface area contributed by atoms with Crippen molar-refractivity contribution in [2.24, 2.45) is 0 Å². The Kier molecular flexibility index (Phi) is 4.03. The lowest BCUT2D eigenvalue weighted by Gasteiger charge is -2.18. The van der Waals surface area contributed by atoms with E-state index < -0.39 is 0 Å². The molecule has 1 unspecified atom stereocenters. The molecule has 2 heterocycles. The topological polar surface area (TPSA) is 41.6 Å². The van der Waals surface area contributed by atoms with Crippen LogP contribution in [0.1, 0.15) is 24.0 Å². The molecule has 3 rings (SSSR count). The maximum Gasteiger partial charge on any atom is 0.276 e. The Morgan fingerprint density at radius 2 is 2.29 bits per heavy atom. The number of aryl methyl sites for hydroxylation is 1. The third kappa shape index (κ3) is 2.99. The number of carbonyl (C=O) groups excluding carboxylic acids is 1. The molecule has 0 saturated carbocycles. The fourth-order valence-electron chi connectivity index (χ4n) is 2.63. The van der Waals surface area contributed by atoms with Gasteiger partial charge in [0.25, 0.3) is 5.91 Å². The molecule has 2 aliphatic rings. The summed E-state index contributed by atoms with van der Waals surface area (Å²) in [5.41, 5.74) is 2.69. The summed E-state index contributed by atoms with van der Waals surface area (Å²) in [5, 5.41) is 3.48. The molecule has 1 atom stereocenters. The number of ether oxygens (including phenoxy) is 1. The number of hydrogen-bond acceptors (Lipinski definition) is 3. The van der Waals surface area contributed by atoms with Crippen LogP contribution in [0.2, 0.25) is 0 Å². The molecule has 0 spiro atoms. The van der Waals surface area contributed by atoms with Gasteiger partial charge in [-0.05, 0) is 49.2 Å². The minimum Gasteiger partial charge on any atom is -0.376 e. The smallest absolute Gasteiger partial charge is 0.276 e. The van der Waals surface area contributed by atoms with Crippen molar-refractivity contribution in [3.63, 3.8) is 0 Å². The van der Waals surface area contributed by atoms with E-state index in [0.29, 0.717) is 17.4 Å². The van der Waals surface area contributed by atoms with E-state index in [4.69, 9.17) is 17.0 Å². The first kappa shape index (κ1) is 14.2. The minimum atomic E-state index is -0.0706. The molecule has 110 valence electrons. The highest BCUT2D eigenvalue weighted by molar-refractivity contribution is 7.80. The van der Waals surface area contributed by atoms with Gasteiger partial charge < -0.3 is 10.1 Å². The van der Waals surface area contributed by atoms with Crippen LogP contribution in [0.4, 0.5) is 0 Å². The largest absolute Gasteiger partial charge is 0.376 e. The summed E-state index contributed by atoms with van der Waals surface area (Å²) in [6, 6.07) is 7.95. The van der Waals surface area contributed by atoms with Gasteiger partial charge in [-0.2, -0.15) is 0 Å². The first-order valence-corrected chi connectivity index (χ1v) is 7.58. The average Bonchev–Trinajstić information content (AvgIpc) is 3.06. The van der Waals surface area contributed by atoms with Crippen LogP contribution in [-0.2, 0) is 9.53 Å². The molecule has 1 aromatic rings. The Bertz CT molecular complexity index is 606. The van der Waals surface area contributed by atoms with Gasteiger partial charge in [0.1, 0.15) is 5.70 Å². The predicted molar refractivity (Wildman–Crippen MR) is 85.6 cm³/mol. The zero-order chi connectivity index (χ0) is 14.8. The summed E-state index contributed by atoms with van der Waals surface area (Å²) in [6.07, 6.45) is 4.01. The lowest BCUT2D eigenvalue weighted by atomic mass is 10.1. The Hall–Kier alpha value is -1.72. The number of nitrogens with one attached hydrogen (secondary N) is 1. The predicted octanol–water partition coefficient (Wildman–Crippen LogP) is 2.23. The van der Waals surface area contributed by atoms with Crippen LogP contribution in [0.25, 0.3) is 6.08 Å². The van der Waals surface area contributed by atoms with Gasteiger partial charge in [0.05, 0.1) is 12.6 Å². The van der Waals surface area contributed by atoms with Gasteiger partial charge in [-0.25, -0.2) is 0 Å². The SMILES string of the molecule is Cc1ccccc1/C=C1/NC(=S)N(CC2CCCO2)C1=O. The summed E-state index contributed by atoms with van der Waals surface area (Å²) in [5.74, 6) is -0.0706. The van der Waals surface area contributed by atoms with E-state index in [9.17, 15) is 4.79 Å². The fourth-order valence-corrected chi connectivity index (χ4v) is 2.90. The van der Waals surface area contributed by atoms with Crippen molar-refractivity contribution in [2.45, 2.75) is 25.9 Å². The second-order valence-electron chi connectivity index (χ2n) is 5.40. The van der Waals surface area contributed by atoms with E-state index in [2.05, 4.69) is 5.32 Å². The van der Waals surface area contributed by atoms with E-state index in [1.54, 1.807) is 4.90 Å². The molecular weight excluding hydrogens is 284 g/mol. The maximum atomic E-state index is 12.5. The van der Waals surface area contributed by atoms with Gasteiger partial charge in [-0.3, -0.25) is 9.69 Å². The molecule has 21 heavy (non-hydrogen) atoms. The third-order valence-electron chi connectivity index (χ3n) is 3.86. The number of hydrogen-bond donors (Lipinski definition) is 1. The number of carbonyl (C=O) groups is 1. The van der Waals surface area contributed by atoms with Crippen molar-refractivity contribution in [2.75, 3.05) is 13.2 Å². The number of thiocarbonyl (C=S) groups is 1. The first-order valence-electron chi connectivity index (χ1n) is 7.17. The van der Waals surface area contributed by atoms with Crippen molar-refractivity contribution in [3.05, 3.63) is 41.1 Å². The summed E-state index contributed by atoms with van der Waals surface area (Å²) in [4.78, 5) is 14.1. The zero-order valence-electron chi connectivity index (χ0n) is 12.0. The Labute approximate surface area is 129 Å². The Morgan fingerprint density at radius 1 is 1.48 bits per heavy atom. The molecule has 0 bridgehead atoms. The normalized spacial score (nSPS) is 24.0. The lowest BCUT2D eigenvalue weighted by Crippen LogP contribution is -2.37. The molecule has 2 fully saturated rings. The first-order chi connectivity index (χ1) is 10.1. The molecule has 0 aromatic heterocycles. The molecule has 0 aliphatic carbocycles. The second kappa shape index (κ2) is 5.95. The van der Waals surface area contributed by atoms with Gasteiger partial charge in [0.2, 0.25) is 0 Å². The minimum absolute atomic E-state index is 0.0706. The third-order valence-corrected chi connectivity index (χ3v) is 4.18. The van der Waals surface area contributed by atoms with E-state index in [1.807, 2.05) is 37.3 Å². The molecule has 0 radical (unpaired) electrons. The van der Waals surface area contributed by atoms with Crippen molar-refractivity contribution in [1.29, 1.82) is 0 Å². The summed E-state index contributed by atoms with van der Waals surface area (Å²) < 4.78 is 5.58. The summed E-state index contributed by atoms with van der Waals surface area (Å²) >= 11 is 5.28. The highest BCUT2D eigenvalue weighted by atomic mass is 32.1. The zero-order valence-corrected chi connectivity index (χ0v) is 12.8. The highest BCUT2D eigenvalue weighted by Crippen LogP contribution is 2.20. The number of amides is 1. The van der Waals surface area contributed by atoms with Gasteiger partial charge in [0, 0.05) is 6.61 Å². The van der Waals surface area contributed by atoms with Crippen LogP contribution in [0.3, 0.4) is 0 Å². The lowest BCUT2D eigenvalue weighted by molar-refractivity contribution is -0.123. The molecule has 1 N–H and O–H groups in total. The maximum absolute atomic E-state index is 12.5. The molecule has 1 aromatic carbocycles. The Balaban J connectivity index is 1.78. The van der Waals surface area contributed by atoms with Gasteiger partial charge in [-0.15, -0.1) is 0 Å². The Morgan fingerprint density at radius 3 is 3.00 bits per heavy atom. The van der Waals surface area contributed by atoms with Gasteiger partial charge >= 0.3 is 0 Å². The van der Waals surface area contributed by atoms with Crippen molar-refractivity contribution < 1.29 is 9.53 Å². The van der Waals surface area contributed by atoms with E-state index in [0.717, 1.165) is 30.6 Å². The molecule has 2 aliphatic heterocycles. The number of benzene rings is 1. The van der Waals surface area contributed by atoms with Crippen LogP contribution in [0.5, 0.6) is 0 Å². The van der Waals surface area contributed by atoms with Crippen LogP contribution in [0, 0.1) is 6.92 Å². The second-order valence-corrected chi connectivity index (χ2v) is 5.78. The monoisotopic (exact) mass is 302 g/mol. The van der Waals surface area contributed by atoms with E-state index in [-0.39, 0.29) is 12.0 Å². The average molecular weight is 302 g/mol. The quantitative estimate of drug-likeness (QED) is 0.687. The molecule has 5 heteroatoms. The molecule has 1 amide bonds. The van der Waals surface area contributed by atoms with Crippen LogP contribution >= 0.6 is 12.2 Å². The van der Waals surface area contributed by atoms with Crippen molar-refractivity contribution in [3.8, 4) is 0 Å². The highest BCUT2D eigenvalue weighted by Gasteiger charge is 2.33.